The van der Waals surface area contributed by atoms with Gasteiger partial charge in [0.1, 0.15) is 0 Å². The maximum atomic E-state index is 9.80. The first-order chi connectivity index (χ1) is 7.24. The molecule has 0 saturated carbocycles. The fourth-order valence-electron chi connectivity index (χ4n) is 1.81. The lowest BCUT2D eigenvalue weighted by molar-refractivity contribution is 0.185. The highest BCUT2D eigenvalue weighted by atomic mass is 16.3. The molecule has 2 rings (SSSR count). The Labute approximate surface area is 88.2 Å². The molecule has 0 radical (unpaired) electrons. The average molecular weight is 200 g/mol. The molecule has 0 aliphatic heterocycles. The Morgan fingerprint density at radius 3 is 3.00 bits per heavy atom. The minimum Gasteiger partial charge on any atom is -0.387 e. The van der Waals surface area contributed by atoms with Crippen molar-refractivity contribution in [3.63, 3.8) is 0 Å². The quantitative estimate of drug-likeness (QED) is 0.807. The summed E-state index contributed by atoms with van der Waals surface area (Å²) >= 11 is 0. The number of benzene rings is 1. The second-order valence-electron chi connectivity index (χ2n) is 3.58. The topological polar surface area (TPSA) is 49.0 Å². The zero-order valence-electron chi connectivity index (χ0n) is 8.51. The van der Waals surface area contributed by atoms with Gasteiger partial charge in [-0.25, -0.2) is 0 Å². The normalized spacial score (nSPS) is 12.6. The summed E-state index contributed by atoms with van der Waals surface area (Å²) < 4.78 is 2.00. The maximum absolute atomic E-state index is 9.80. The van der Waals surface area contributed by atoms with Crippen LogP contribution in [0.2, 0.25) is 0 Å². The van der Waals surface area contributed by atoms with E-state index in [0.29, 0.717) is 0 Å². The summed E-state index contributed by atoms with van der Waals surface area (Å²) in [7, 11) is 1.96. The monoisotopic (exact) mass is 200 g/mol. The predicted octanol–water partition coefficient (Wildman–Crippen LogP) is 2.13. The third kappa shape index (κ3) is 1.60. The molecule has 1 unspecified atom stereocenters. The summed E-state index contributed by atoms with van der Waals surface area (Å²) in [6.07, 6.45) is 1.39. The van der Waals surface area contributed by atoms with Crippen LogP contribution < -0.4 is 0 Å². The lowest BCUT2D eigenvalue weighted by Crippen LogP contribution is -1.96. The maximum Gasteiger partial charge on any atom is 0.0926 e. The van der Waals surface area contributed by atoms with Crippen LogP contribution in [-0.2, 0) is 7.05 Å². The van der Waals surface area contributed by atoms with Crippen LogP contribution in [0.5, 0.6) is 0 Å². The zero-order chi connectivity index (χ0) is 10.8. The van der Waals surface area contributed by atoms with Crippen molar-refractivity contribution < 1.29 is 5.11 Å². The highest BCUT2D eigenvalue weighted by molar-refractivity contribution is 5.84. The number of hydrogen-bond acceptors (Lipinski definition) is 2. The number of fused-ring (bicyclic) bond motifs is 1. The predicted molar refractivity (Wildman–Crippen MR) is 58.1 cm³/mol. The van der Waals surface area contributed by atoms with Gasteiger partial charge in [-0.2, -0.15) is 5.26 Å². The summed E-state index contributed by atoms with van der Waals surface area (Å²) in [6, 6.07) is 9.71. The Bertz CT molecular complexity index is 522. The van der Waals surface area contributed by atoms with Crippen LogP contribution in [0, 0.1) is 11.3 Å². The van der Waals surface area contributed by atoms with Gasteiger partial charge in [-0.3, -0.25) is 0 Å². The van der Waals surface area contributed by atoms with E-state index in [-0.39, 0.29) is 6.42 Å². The van der Waals surface area contributed by atoms with Crippen LogP contribution in [0.4, 0.5) is 0 Å². The van der Waals surface area contributed by atoms with Gasteiger partial charge >= 0.3 is 0 Å². The van der Waals surface area contributed by atoms with Crippen LogP contribution in [0.25, 0.3) is 10.9 Å². The molecule has 3 heteroatoms. The van der Waals surface area contributed by atoms with Crippen LogP contribution in [-0.4, -0.2) is 9.67 Å². The molecule has 1 aromatic carbocycles. The van der Waals surface area contributed by atoms with Crippen LogP contribution in [0.3, 0.4) is 0 Å². The van der Waals surface area contributed by atoms with Gasteiger partial charge in [0.15, 0.2) is 0 Å². The van der Waals surface area contributed by atoms with Crippen molar-refractivity contribution in [1.29, 1.82) is 5.26 Å². The van der Waals surface area contributed by atoms with Gasteiger partial charge < -0.3 is 9.67 Å². The van der Waals surface area contributed by atoms with E-state index in [0.717, 1.165) is 16.5 Å². The van der Waals surface area contributed by atoms with Crippen LogP contribution >= 0.6 is 0 Å². The minimum atomic E-state index is -0.693. The average Bonchev–Trinajstić information content (AvgIpc) is 2.61. The van der Waals surface area contributed by atoms with Crippen LogP contribution in [0.1, 0.15) is 18.1 Å². The van der Waals surface area contributed by atoms with Crippen molar-refractivity contribution in [1.82, 2.24) is 4.57 Å². The molecule has 0 bridgehead atoms. The molecule has 0 saturated heterocycles. The number of rotatable bonds is 2. The molecule has 1 aromatic heterocycles. The number of aliphatic hydroxyl groups excluding tert-OH is 1. The number of aromatic nitrogens is 1. The number of aryl methyl sites for hydroxylation is 1. The summed E-state index contributed by atoms with van der Waals surface area (Å²) in [5.74, 6) is 0. The van der Waals surface area contributed by atoms with E-state index in [1.165, 1.54) is 0 Å². The number of hydrogen-bond donors (Lipinski definition) is 1. The molecule has 3 nitrogen and oxygen atoms in total. The number of nitrogens with zero attached hydrogens (tertiary/aromatic N) is 2. The molecule has 1 atom stereocenters. The molecule has 1 N–H and O–H groups in total. The van der Waals surface area contributed by atoms with Crippen LogP contribution in [0.15, 0.2) is 30.5 Å². The molecule has 0 aliphatic carbocycles. The second-order valence-corrected chi connectivity index (χ2v) is 3.58. The van der Waals surface area contributed by atoms with Gasteiger partial charge in [0.25, 0.3) is 0 Å². The summed E-state index contributed by atoms with van der Waals surface area (Å²) in [5, 5.41) is 19.4. The highest BCUT2D eigenvalue weighted by Crippen LogP contribution is 2.26. The van der Waals surface area contributed by atoms with Gasteiger partial charge in [-0.15, -0.1) is 0 Å². The van der Waals surface area contributed by atoms with Gasteiger partial charge in [0.05, 0.1) is 18.6 Å². The van der Waals surface area contributed by atoms with Crippen molar-refractivity contribution in [2.45, 2.75) is 12.5 Å². The fourth-order valence-corrected chi connectivity index (χ4v) is 1.81. The summed E-state index contributed by atoms with van der Waals surface area (Å²) in [4.78, 5) is 0. The van der Waals surface area contributed by atoms with Crippen molar-refractivity contribution in [2.24, 2.45) is 7.05 Å². The van der Waals surface area contributed by atoms with E-state index in [1.807, 2.05) is 48.1 Å². The van der Waals surface area contributed by atoms with E-state index in [9.17, 15) is 5.11 Å². The minimum absolute atomic E-state index is 0.133. The van der Waals surface area contributed by atoms with E-state index in [4.69, 9.17) is 5.26 Å². The lowest BCUT2D eigenvalue weighted by atomic mass is 10.0. The number of nitriles is 1. The van der Waals surface area contributed by atoms with E-state index < -0.39 is 6.10 Å². The molecule has 0 aliphatic rings. The first kappa shape index (κ1) is 9.75. The molecule has 76 valence electrons. The molecule has 15 heavy (non-hydrogen) atoms. The summed E-state index contributed by atoms with van der Waals surface area (Å²) in [6.45, 7) is 0. The van der Waals surface area contributed by atoms with E-state index >= 15 is 0 Å². The first-order valence-corrected chi connectivity index (χ1v) is 4.83. The summed E-state index contributed by atoms with van der Waals surface area (Å²) in [5.41, 5.74) is 1.90. The molecular weight excluding hydrogens is 188 g/mol. The molecule has 0 fully saturated rings. The molecular formula is C12H12N2O. The Balaban J connectivity index is 2.57. The zero-order valence-corrected chi connectivity index (χ0v) is 8.51. The largest absolute Gasteiger partial charge is 0.387 e. The van der Waals surface area contributed by atoms with Gasteiger partial charge in [0.2, 0.25) is 0 Å². The SMILES string of the molecule is Cn1ccc2c(C(O)CC#N)cccc21. The third-order valence-corrected chi connectivity index (χ3v) is 2.61. The van der Waals surface area contributed by atoms with E-state index in [2.05, 4.69) is 0 Å². The Morgan fingerprint density at radius 2 is 2.27 bits per heavy atom. The second kappa shape index (κ2) is 3.76. The third-order valence-electron chi connectivity index (χ3n) is 2.61. The number of aliphatic hydroxyl groups is 1. The smallest absolute Gasteiger partial charge is 0.0926 e. The fraction of sp³-hybridized carbons (Fsp3) is 0.250. The molecule has 2 aromatic rings. The Morgan fingerprint density at radius 1 is 1.47 bits per heavy atom. The van der Waals surface area contributed by atoms with Gasteiger partial charge in [-0.1, -0.05) is 12.1 Å². The van der Waals surface area contributed by atoms with Crippen molar-refractivity contribution >= 4 is 10.9 Å². The molecule has 0 spiro atoms. The molecule has 0 amide bonds. The Hall–Kier alpha value is -1.79. The van der Waals surface area contributed by atoms with Gasteiger partial charge in [0, 0.05) is 24.1 Å². The molecule has 1 heterocycles. The lowest BCUT2D eigenvalue weighted by Gasteiger charge is -2.08. The van der Waals surface area contributed by atoms with Crippen molar-refractivity contribution in [2.75, 3.05) is 0 Å². The first-order valence-electron chi connectivity index (χ1n) is 4.83. The van der Waals surface area contributed by atoms with Gasteiger partial charge in [-0.05, 0) is 17.7 Å². The standard InChI is InChI=1S/C12H12N2O/c1-14-8-6-9-10(12(15)5-7-13)3-2-4-11(9)14/h2-4,6,8,12,15H,5H2,1H3. The van der Waals surface area contributed by atoms with E-state index in [1.54, 1.807) is 0 Å². The Kier molecular flexibility index (Phi) is 2.44. The van der Waals surface area contributed by atoms with Crippen molar-refractivity contribution in [3.05, 3.63) is 36.0 Å². The van der Waals surface area contributed by atoms with Crippen molar-refractivity contribution in [3.8, 4) is 6.07 Å². The highest BCUT2D eigenvalue weighted by Gasteiger charge is 2.11.